The molecular formula is C33H42FN5O7Si. The number of hydrogen-bond donors (Lipinski definition) is 3. The van der Waals surface area contributed by atoms with E-state index in [1.165, 1.54) is 36.2 Å². The third-order valence-electron chi connectivity index (χ3n) is 10.4. The smallest absolute Gasteiger partial charge is 0.269 e. The first kappa shape index (κ1) is 33.2. The number of hydrogen-bond acceptors (Lipinski definition) is 8. The van der Waals surface area contributed by atoms with Crippen LogP contribution in [0.25, 0.3) is 0 Å². The van der Waals surface area contributed by atoms with Crippen molar-refractivity contribution in [1.29, 1.82) is 0 Å². The van der Waals surface area contributed by atoms with Gasteiger partial charge < -0.3 is 34.4 Å². The van der Waals surface area contributed by atoms with Crippen molar-refractivity contribution < 1.29 is 33.3 Å². The molecule has 0 radical (unpaired) electrons. The summed E-state index contributed by atoms with van der Waals surface area (Å²) in [6, 6.07) is 10.8. The lowest BCUT2D eigenvalue weighted by atomic mass is 9.82. The number of non-ortho nitro benzene ring substituents is 1. The molecule has 252 valence electrons. The molecule has 6 rings (SSSR count). The largest absolute Gasteiger partial charge is 0.394 e. The number of halogens is 1. The Balaban J connectivity index is 1.31. The van der Waals surface area contributed by atoms with Gasteiger partial charge in [0.05, 0.1) is 48.4 Å². The number of fused-ring (bicyclic) bond motifs is 2. The van der Waals surface area contributed by atoms with Crippen molar-refractivity contribution in [1.82, 2.24) is 10.2 Å². The van der Waals surface area contributed by atoms with Gasteiger partial charge in [-0.3, -0.25) is 24.5 Å². The van der Waals surface area contributed by atoms with Gasteiger partial charge in [0.2, 0.25) is 20.2 Å². The third kappa shape index (κ3) is 5.96. The van der Waals surface area contributed by atoms with E-state index in [-0.39, 0.29) is 49.2 Å². The first-order valence-electron chi connectivity index (χ1n) is 16.4. The maximum atomic E-state index is 16.2. The van der Waals surface area contributed by atoms with Crippen LogP contribution in [-0.4, -0.2) is 78.9 Å². The lowest BCUT2D eigenvalue weighted by Gasteiger charge is -2.31. The summed E-state index contributed by atoms with van der Waals surface area (Å²) in [4.78, 5) is 55.2. The second kappa shape index (κ2) is 12.7. The topological polar surface area (TPSA) is 154 Å². The first-order valence-corrected chi connectivity index (χ1v) is 19.3. The SMILES string of the molecule is C[C@@H]1[C@@H]([Si](C)(C)F)[C@H](CC(=O)N2CCC[C@H]2CO)O[C@@]12C(=O)N(Cc1ccc(NC(=O)[C@H]3CCCN3)cc1)c1ccc([N+](=O)[O-])cc12. The molecule has 4 aliphatic rings. The van der Waals surface area contributed by atoms with Crippen LogP contribution in [-0.2, 0) is 31.3 Å². The summed E-state index contributed by atoms with van der Waals surface area (Å²) in [7, 11) is -3.58. The summed E-state index contributed by atoms with van der Waals surface area (Å²) < 4.78 is 22.8. The summed E-state index contributed by atoms with van der Waals surface area (Å²) in [5, 5.41) is 27.8. The van der Waals surface area contributed by atoms with Crippen LogP contribution in [0.15, 0.2) is 42.5 Å². The van der Waals surface area contributed by atoms with Crippen LogP contribution < -0.4 is 15.5 Å². The standard InChI is InChI=1S/C33H42FN5O7Si/c1-20-30(47(2,3)34)28(17-29(41)37-15-5-6-24(37)19-40)46-33(20)25-16-23(39(44)45)12-13-27(25)38(32(33)43)18-21-8-10-22(11-9-21)36-31(42)26-7-4-14-35-26/h8-13,16,20,24,26,28,30,35,40H,4-7,14-15,17-19H2,1-3H3,(H,36,42)/t20-,24+,26-,28+,30-,33+/m1/s1. The Kier molecular flexibility index (Phi) is 8.98. The highest BCUT2D eigenvalue weighted by atomic mass is 28.4. The zero-order valence-electron chi connectivity index (χ0n) is 26.9. The Morgan fingerprint density at radius 2 is 1.94 bits per heavy atom. The number of carbonyl (C=O) groups is 3. The number of anilines is 2. The van der Waals surface area contributed by atoms with E-state index >= 15 is 4.11 Å². The van der Waals surface area contributed by atoms with E-state index in [1.807, 2.05) is 0 Å². The second-order valence-corrected chi connectivity index (χ2v) is 17.5. The zero-order chi connectivity index (χ0) is 33.7. The number of nitrogens with zero attached hydrogens (tertiary/aromatic N) is 3. The van der Waals surface area contributed by atoms with Gasteiger partial charge in [-0.1, -0.05) is 19.1 Å². The molecule has 14 heteroatoms. The fraction of sp³-hybridized carbons (Fsp3) is 0.545. The Hall–Kier alpha value is -3.72. The lowest BCUT2D eigenvalue weighted by Crippen LogP contribution is -2.45. The Morgan fingerprint density at radius 3 is 2.57 bits per heavy atom. The van der Waals surface area contributed by atoms with Gasteiger partial charge in [0.1, 0.15) is 0 Å². The molecule has 47 heavy (non-hydrogen) atoms. The number of aliphatic hydroxyl groups excluding tert-OH is 1. The molecule has 2 aromatic carbocycles. The molecule has 3 fully saturated rings. The molecule has 4 heterocycles. The maximum Gasteiger partial charge on any atom is 0.269 e. The zero-order valence-corrected chi connectivity index (χ0v) is 27.9. The van der Waals surface area contributed by atoms with Gasteiger partial charge in [0, 0.05) is 41.4 Å². The highest BCUT2D eigenvalue weighted by Crippen LogP contribution is 2.60. The van der Waals surface area contributed by atoms with Crippen LogP contribution in [0.3, 0.4) is 0 Å². The molecule has 2 aromatic rings. The molecule has 0 saturated carbocycles. The van der Waals surface area contributed by atoms with Gasteiger partial charge in [0.15, 0.2) is 5.60 Å². The van der Waals surface area contributed by atoms with Gasteiger partial charge in [-0.2, -0.15) is 0 Å². The molecule has 1 spiro atoms. The average Bonchev–Trinajstić information content (AvgIpc) is 3.82. The Morgan fingerprint density at radius 1 is 1.19 bits per heavy atom. The summed E-state index contributed by atoms with van der Waals surface area (Å²) in [6.45, 7) is 6.05. The Labute approximate surface area is 274 Å². The van der Waals surface area contributed by atoms with Crippen molar-refractivity contribution in [3.8, 4) is 0 Å². The molecule has 0 aliphatic carbocycles. The number of benzene rings is 2. The van der Waals surface area contributed by atoms with Crippen molar-refractivity contribution in [2.24, 2.45) is 5.92 Å². The van der Waals surface area contributed by atoms with Crippen molar-refractivity contribution in [3.63, 3.8) is 0 Å². The lowest BCUT2D eigenvalue weighted by molar-refractivity contribution is -0.385. The van der Waals surface area contributed by atoms with Crippen LogP contribution in [0.2, 0.25) is 18.6 Å². The summed E-state index contributed by atoms with van der Waals surface area (Å²) in [5.74, 6) is -1.55. The van der Waals surface area contributed by atoms with E-state index in [9.17, 15) is 29.6 Å². The maximum absolute atomic E-state index is 16.2. The van der Waals surface area contributed by atoms with Crippen molar-refractivity contribution in [2.45, 2.75) is 88.0 Å². The average molecular weight is 668 g/mol. The summed E-state index contributed by atoms with van der Waals surface area (Å²) >= 11 is 0. The van der Waals surface area contributed by atoms with E-state index in [1.54, 1.807) is 36.1 Å². The van der Waals surface area contributed by atoms with Gasteiger partial charge >= 0.3 is 0 Å². The van der Waals surface area contributed by atoms with Gasteiger partial charge in [0.25, 0.3) is 11.6 Å². The molecule has 3 saturated heterocycles. The molecule has 0 unspecified atom stereocenters. The van der Waals surface area contributed by atoms with Crippen LogP contribution in [0.4, 0.5) is 21.2 Å². The number of carbonyl (C=O) groups excluding carboxylic acids is 3. The van der Waals surface area contributed by atoms with E-state index in [2.05, 4.69) is 10.6 Å². The fourth-order valence-electron chi connectivity index (χ4n) is 8.16. The van der Waals surface area contributed by atoms with Crippen LogP contribution in [0, 0.1) is 16.0 Å². The number of rotatable bonds is 9. The number of ether oxygens (including phenoxy) is 1. The van der Waals surface area contributed by atoms with Gasteiger partial charge in [-0.15, -0.1) is 0 Å². The van der Waals surface area contributed by atoms with Crippen LogP contribution in [0.5, 0.6) is 0 Å². The number of amides is 3. The highest BCUT2D eigenvalue weighted by Gasteiger charge is 2.67. The number of nitrogens with one attached hydrogen (secondary N) is 2. The predicted octanol–water partition coefficient (Wildman–Crippen LogP) is 3.98. The first-order chi connectivity index (χ1) is 22.3. The molecular weight excluding hydrogens is 625 g/mol. The summed E-state index contributed by atoms with van der Waals surface area (Å²) in [6.07, 6.45) is 2.06. The molecule has 3 N–H and O–H groups in total. The number of aliphatic hydroxyl groups is 1. The minimum atomic E-state index is -3.58. The number of likely N-dealkylation sites (tertiary alicyclic amines) is 1. The molecule has 12 nitrogen and oxygen atoms in total. The molecule has 0 bridgehead atoms. The molecule has 4 aliphatic heterocycles. The van der Waals surface area contributed by atoms with E-state index in [0.717, 1.165) is 31.4 Å². The highest BCUT2D eigenvalue weighted by molar-refractivity contribution is 6.72. The second-order valence-electron chi connectivity index (χ2n) is 13.7. The quantitative estimate of drug-likeness (QED) is 0.157. The van der Waals surface area contributed by atoms with E-state index in [0.29, 0.717) is 29.9 Å². The van der Waals surface area contributed by atoms with Gasteiger partial charge in [-0.25, -0.2) is 0 Å². The fourth-order valence-corrected chi connectivity index (χ4v) is 10.7. The normalized spacial score (nSPS) is 28.7. The van der Waals surface area contributed by atoms with Crippen LogP contribution in [0.1, 0.15) is 50.2 Å². The number of nitro groups is 1. The molecule has 6 atom stereocenters. The summed E-state index contributed by atoms with van der Waals surface area (Å²) in [5.41, 5.74) is -0.610. The van der Waals surface area contributed by atoms with E-state index < -0.39 is 42.4 Å². The minimum Gasteiger partial charge on any atom is -0.394 e. The molecule has 0 aromatic heterocycles. The van der Waals surface area contributed by atoms with E-state index in [4.69, 9.17) is 4.74 Å². The third-order valence-corrected chi connectivity index (χ3v) is 12.8. The molecule has 3 amide bonds. The van der Waals surface area contributed by atoms with Crippen molar-refractivity contribution in [3.05, 3.63) is 63.7 Å². The van der Waals surface area contributed by atoms with Crippen LogP contribution >= 0.6 is 0 Å². The van der Waals surface area contributed by atoms with Crippen molar-refractivity contribution in [2.75, 3.05) is 29.9 Å². The van der Waals surface area contributed by atoms with Gasteiger partial charge in [-0.05, 0) is 69.1 Å². The Bertz CT molecular complexity index is 1560. The van der Waals surface area contributed by atoms with Crippen molar-refractivity contribution >= 4 is 43.2 Å². The minimum absolute atomic E-state index is 0.103. The predicted molar refractivity (Wildman–Crippen MR) is 175 cm³/mol. The monoisotopic (exact) mass is 667 g/mol. The number of nitro benzene ring substituents is 1.